The third-order valence-electron chi connectivity index (χ3n) is 2.75. The van der Waals surface area contributed by atoms with E-state index < -0.39 is 17.7 Å². The molecule has 0 fully saturated rings. The lowest BCUT2D eigenvalue weighted by molar-refractivity contribution is 0.0196. The number of fused-ring (bicyclic) bond motifs is 1. The molecule has 104 valence electrons. The lowest BCUT2D eigenvalue weighted by Crippen LogP contribution is -2.41. The van der Waals surface area contributed by atoms with E-state index in [2.05, 4.69) is 4.98 Å². The number of aromatic nitrogens is 2. The van der Waals surface area contributed by atoms with E-state index in [4.69, 9.17) is 9.84 Å². The highest BCUT2D eigenvalue weighted by Crippen LogP contribution is 2.19. The van der Waals surface area contributed by atoms with Crippen LogP contribution < -0.4 is 0 Å². The maximum Gasteiger partial charge on any atom is 0.410 e. The van der Waals surface area contributed by atoms with Crippen LogP contribution in [0.2, 0.25) is 0 Å². The van der Waals surface area contributed by atoms with Gasteiger partial charge in [0.2, 0.25) is 0 Å². The van der Waals surface area contributed by atoms with E-state index in [9.17, 15) is 9.59 Å². The first-order valence-electron chi connectivity index (χ1n) is 6.03. The highest BCUT2D eigenvalue weighted by molar-refractivity contribution is 5.86. The number of ether oxygens (including phenoxy) is 1. The number of imidazole rings is 1. The summed E-state index contributed by atoms with van der Waals surface area (Å²) < 4.78 is 7.03. The van der Waals surface area contributed by atoms with Crippen LogP contribution in [0.4, 0.5) is 4.79 Å². The summed E-state index contributed by atoms with van der Waals surface area (Å²) in [6, 6.07) is 0. The average Bonchev–Trinajstić information content (AvgIpc) is 2.68. The van der Waals surface area contributed by atoms with Crippen molar-refractivity contribution in [3.8, 4) is 0 Å². The molecule has 0 spiro atoms. The zero-order valence-corrected chi connectivity index (χ0v) is 11.2. The maximum absolute atomic E-state index is 12.0. The van der Waals surface area contributed by atoms with Crippen LogP contribution >= 0.6 is 0 Å². The standard InChI is InChI=1S/C12H17N3O4/c1-12(2,3)19-11(18)14-4-5-15-7-13-9(10(16)17)8(15)6-14/h7H,4-6H2,1-3H3,(H,16,17). The molecule has 7 heteroatoms. The second-order valence-electron chi connectivity index (χ2n) is 5.44. The fraction of sp³-hybridized carbons (Fsp3) is 0.583. The Kier molecular flexibility index (Phi) is 3.21. The number of carbonyl (C=O) groups is 2. The van der Waals surface area contributed by atoms with Crippen molar-refractivity contribution < 1.29 is 19.4 Å². The second-order valence-corrected chi connectivity index (χ2v) is 5.44. The van der Waals surface area contributed by atoms with Gasteiger partial charge < -0.3 is 19.3 Å². The molecule has 1 aromatic rings. The van der Waals surface area contributed by atoms with Crippen LogP contribution in [0.3, 0.4) is 0 Å². The van der Waals surface area contributed by atoms with Gasteiger partial charge in [0, 0.05) is 13.1 Å². The van der Waals surface area contributed by atoms with Crippen molar-refractivity contribution in [1.29, 1.82) is 0 Å². The molecular weight excluding hydrogens is 250 g/mol. The fourth-order valence-electron chi connectivity index (χ4n) is 1.92. The van der Waals surface area contributed by atoms with Crippen molar-refractivity contribution in [2.75, 3.05) is 6.54 Å². The molecule has 1 N–H and O–H groups in total. The summed E-state index contributed by atoms with van der Waals surface area (Å²) >= 11 is 0. The first-order valence-corrected chi connectivity index (χ1v) is 6.03. The van der Waals surface area contributed by atoms with E-state index in [1.54, 1.807) is 25.3 Å². The van der Waals surface area contributed by atoms with Gasteiger partial charge in [0.1, 0.15) is 5.60 Å². The van der Waals surface area contributed by atoms with Crippen LogP contribution in [0, 0.1) is 0 Å². The van der Waals surface area contributed by atoms with Crippen LogP contribution in [0.25, 0.3) is 0 Å². The third kappa shape index (κ3) is 2.86. The highest BCUT2D eigenvalue weighted by Gasteiger charge is 2.29. The lowest BCUT2D eigenvalue weighted by Gasteiger charge is -2.30. The number of hydrogen-bond acceptors (Lipinski definition) is 4. The zero-order valence-electron chi connectivity index (χ0n) is 11.2. The largest absolute Gasteiger partial charge is 0.476 e. The van der Waals surface area contributed by atoms with Crippen LogP contribution in [0.5, 0.6) is 0 Å². The van der Waals surface area contributed by atoms with Gasteiger partial charge in [0.05, 0.1) is 18.6 Å². The van der Waals surface area contributed by atoms with Gasteiger partial charge >= 0.3 is 12.1 Å². The van der Waals surface area contributed by atoms with E-state index in [1.165, 1.54) is 11.2 Å². The molecule has 1 aromatic heterocycles. The molecule has 1 amide bonds. The number of carboxylic acid groups (broad SMARTS) is 1. The smallest absolute Gasteiger partial charge is 0.410 e. The van der Waals surface area contributed by atoms with Crippen LogP contribution in [-0.2, 0) is 17.8 Å². The summed E-state index contributed by atoms with van der Waals surface area (Å²) in [5.74, 6) is -1.08. The molecule has 0 atom stereocenters. The number of rotatable bonds is 1. The monoisotopic (exact) mass is 267 g/mol. The molecule has 19 heavy (non-hydrogen) atoms. The Balaban J connectivity index is 2.15. The zero-order chi connectivity index (χ0) is 14.2. The van der Waals surface area contributed by atoms with Crippen molar-refractivity contribution in [2.24, 2.45) is 0 Å². The summed E-state index contributed by atoms with van der Waals surface area (Å²) in [6.07, 6.45) is 1.06. The summed E-state index contributed by atoms with van der Waals surface area (Å²) in [6.45, 7) is 6.59. The number of carboxylic acids is 1. The minimum Gasteiger partial charge on any atom is -0.476 e. The van der Waals surface area contributed by atoms with Crippen molar-refractivity contribution in [2.45, 2.75) is 39.5 Å². The van der Waals surface area contributed by atoms with Crippen LogP contribution in [0.1, 0.15) is 37.0 Å². The number of carbonyl (C=O) groups excluding carboxylic acids is 1. The molecule has 0 unspecified atom stereocenters. The van der Waals surface area contributed by atoms with Gasteiger partial charge in [-0.15, -0.1) is 0 Å². The van der Waals surface area contributed by atoms with Crippen molar-refractivity contribution in [3.05, 3.63) is 17.7 Å². The number of aromatic carboxylic acids is 1. The highest BCUT2D eigenvalue weighted by atomic mass is 16.6. The molecule has 0 bridgehead atoms. The van der Waals surface area contributed by atoms with Gasteiger partial charge in [-0.2, -0.15) is 0 Å². The predicted octanol–water partition coefficient (Wildman–Crippen LogP) is 1.33. The molecular formula is C12H17N3O4. The third-order valence-corrected chi connectivity index (χ3v) is 2.75. The molecule has 1 aliphatic rings. The molecule has 2 heterocycles. The predicted molar refractivity (Wildman–Crippen MR) is 65.8 cm³/mol. The summed E-state index contributed by atoms with van der Waals surface area (Å²) in [4.78, 5) is 28.3. The Bertz CT molecular complexity index is 516. The van der Waals surface area contributed by atoms with E-state index in [0.29, 0.717) is 18.8 Å². The molecule has 0 saturated carbocycles. The van der Waals surface area contributed by atoms with Gasteiger partial charge in [-0.1, -0.05) is 0 Å². The Labute approximate surface area is 110 Å². The normalized spacial score (nSPS) is 15.0. The van der Waals surface area contributed by atoms with Gasteiger partial charge in [0.25, 0.3) is 0 Å². The summed E-state index contributed by atoms with van der Waals surface area (Å²) in [5.41, 5.74) is -0.0393. The van der Waals surface area contributed by atoms with Crippen molar-refractivity contribution >= 4 is 12.1 Å². The lowest BCUT2D eigenvalue weighted by atomic mass is 10.2. The molecule has 0 aromatic carbocycles. The molecule has 0 saturated heterocycles. The minimum atomic E-state index is -1.08. The number of amides is 1. The SMILES string of the molecule is CC(C)(C)OC(=O)N1CCn2cnc(C(=O)O)c2C1. The van der Waals surface area contributed by atoms with Gasteiger partial charge in [-0.05, 0) is 20.8 Å². The second kappa shape index (κ2) is 4.56. The van der Waals surface area contributed by atoms with E-state index in [1.807, 2.05) is 0 Å². The van der Waals surface area contributed by atoms with E-state index >= 15 is 0 Å². The van der Waals surface area contributed by atoms with Crippen molar-refractivity contribution in [1.82, 2.24) is 14.5 Å². The van der Waals surface area contributed by atoms with Gasteiger partial charge in [-0.3, -0.25) is 0 Å². The average molecular weight is 267 g/mol. The first kappa shape index (κ1) is 13.4. The van der Waals surface area contributed by atoms with Crippen molar-refractivity contribution in [3.63, 3.8) is 0 Å². The molecule has 1 aliphatic heterocycles. The first-order chi connectivity index (χ1) is 8.78. The molecule has 0 radical (unpaired) electrons. The molecule has 7 nitrogen and oxygen atoms in total. The number of nitrogens with zero attached hydrogens (tertiary/aromatic N) is 3. The Morgan fingerprint density at radius 3 is 2.63 bits per heavy atom. The fourth-order valence-corrected chi connectivity index (χ4v) is 1.92. The maximum atomic E-state index is 12.0. The summed E-state index contributed by atoms with van der Waals surface area (Å²) in [5, 5.41) is 9.03. The van der Waals surface area contributed by atoms with E-state index in [-0.39, 0.29) is 12.2 Å². The van der Waals surface area contributed by atoms with Crippen LogP contribution in [-0.4, -0.2) is 43.8 Å². The molecule has 2 rings (SSSR count). The molecule has 0 aliphatic carbocycles. The minimum absolute atomic E-state index is 0.00624. The number of hydrogen-bond donors (Lipinski definition) is 1. The Morgan fingerprint density at radius 2 is 2.05 bits per heavy atom. The van der Waals surface area contributed by atoms with Crippen LogP contribution in [0.15, 0.2) is 6.33 Å². The van der Waals surface area contributed by atoms with Gasteiger partial charge in [-0.25, -0.2) is 14.6 Å². The van der Waals surface area contributed by atoms with E-state index in [0.717, 1.165) is 0 Å². The Hall–Kier alpha value is -2.05. The summed E-state index contributed by atoms with van der Waals surface area (Å²) in [7, 11) is 0. The topological polar surface area (TPSA) is 84.7 Å². The quantitative estimate of drug-likeness (QED) is 0.829. The van der Waals surface area contributed by atoms with Gasteiger partial charge in [0.15, 0.2) is 5.69 Å². The Morgan fingerprint density at radius 1 is 1.37 bits per heavy atom.